The van der Waals surface area contributed by atoms with Crippen LogP contribution in [0.25, 0.3) is 22.8 Å². The van der Waals surface area contributed by atoms with Crippen LogP contribution in [0.2, 0.25) is 0 Å². The molecule has 0 aliphatic heterocycles. The molecule has 1 amide bonds. The lowest BCUT2D eigenvalue weighted by molar-refractivity contribution is -0.122. The zero-order valence-electron chi connectivity index (χ0n) is 16.4. The lowest BCUT2D eigenvalue weighted by Gasteiger charge is -2.15. The third kappa shape index (κ3) is 4.75. The molecular weight excluding hydrogens is 404 g/mol. The second kappa shape index (κ2) is 8.74. The number of anilines is 1. The molecule has 8 heteroatoms. The minimum absolute atomic E-state index is 0.197. The van der Waals surface area contributed by atoms with Crippen LogP contribution in [0.15, 0.2) is 77.3 Å². The number of carbonyl (C=O) groups is 1. The number of rotatable bonds is 6. The quantitative estimate of drug-likeness (QED) is 0.469. The molecule has 0 unspecified atom stereocenters. The van der Waals surface area contributed by atoms with Gasteiger partial charge in [-0.15, -0.1) is 0 Å². The average Bonchev–Trinajstić information content (AvgIpc) is 3.26. The predicted molar refractivity (Wildman–Crippen MR) is 110 cm³/mol. The Bertz CT molecular complexity index is 1190. The molecule has 1 atom stereocenters. The largest absolute Gasteiger partial charge is 0.481 e. The molecule has 0 spiro atoms. The molecule has 0 bridgehead atoms. The van der Waals surface area contributed by atoms with Gasteiger partial charge in [-0.25, -0.2) is 8.78 Å². The Morgan fingerprint density at radius 3 is 2.32 bits per heavy atom. The Balaban J connectivity index is 1.51. The van der Waals surface area contributed by atoms with E-state index >= 15 is 0 Å². The van der Waals surface area contributed by atoms with Crippen LogP contribution in [-0.2, 0) is 4.79 Å². The molecule has 0 saturated carbocycles. The fourth-order valence-corrected chi connectivity index (χ4v) is 2.83. The highest BCUT2D eigenvalue weighted by Gasteiger charge is 2.19. The summed E-state index contributed by atoms with van der Waals surface area (Å²) in [5.41, 5.74) is 1.57. The maximum atomic E-state index is 13.1. The van der Waals surface area contributed by atoms with Crippen molar-refractivity contribution in [3.8, 4) is 28.6 Å². The topological polar surface area (TPSA) is 77.2 Å². The number of para-hydroxylation sites is 1. The van der Waals surface area contributed by atoms with E-state index in [0.717, 1.165) is 0 Å². The number of hydrogen-bond acceptors (Lipinski definition) is 5. The van der Waals surface area contributed by atoms with Crippen molar-refractivity contribution in [2.45, 2.75) is 13.0 Å². The summed E-state index contributed by atoms with van der Waals surface area (Å²) in [6.07, 6.45) is -0.837. The first-order chi connectivity index (χ1) is 15.0. The molecule has 1 heterocycles. The molecule has 0 fully saturated rings. The van der Waals surface area contributed by atoms with E-state index in [9.17, 15) is 13.6 Å². The van der Waals surface area contributed by atoms with Crippen LogP contribution in [0.4, 0.5) is 14.5 Å². The molecule has 6 nitrogen and oxygen atoms in total. The van der Waals surface area contributed by atoms with Gasteiger partial charge in [-0.3, -0.25) is 4.79 Å². The van der Waals surface area contributed by atoms with Gasteiger partial charge < -0.3 is 14.6 Å². The van der Waals surface area contributed by atoms with Crippen LogP contribution in [0.1, 0.15) is 6.92 Å². The normalized spacial score (nSPS) is 11.7. The Kier molecular flexibility index (Phi) is 5.70. The summed E-state index contributed by atoms with van der Waals surface area (Å²) >= 11 is 0. The van der Waals surface area contributed by atoms with Crippen LogP contribution < -0.4 is 10.1 Å². The first-order valence-electron chi connectivity index (χ1n) is 9.42. The van der Waals surface area contributed by atoms with Gasteiger partial charge in [0, 0.05) is 5.56 Å². The van der Waals surface area contributed by atoms with E-state index in [4.69, 9.17) is 9.26 Å². The fraction of sp³-hybridized carbons (Fsp3) is 0.0870. The average molecular weight is 421 g/mol. The van der Waals surface area contributed by atoms with Crippen molar-refractivity contribution < 1.29 is 22.8 Å². The van der Waals surface area contributed by atoms with E-state index in [0.29, 0.717) is 28.4 Å². The predicted octanol–water partition coefficient (Wildman–Crippen LogP) is 5.09. The number of benzene rings is 3. The van der Waals surface area contributed by atoms with Crippen molar-refractivity contribution >= 4 is 11.6 Å². The smallest absolute Gasteiger partial charge is 0.265 e. The van der Waals surface area contributed by atoms with Crippen LogP contribution in [0.5, 0.6) is 5.75 Å². The molecule has 1 N–H and O–H groups in total. The summed E-state index contributed by atoms with van der Waals surface area (Å²) in [4.78, 5) is 17.0. The number of ether oxygens (including phenoxy) is 1. The van der Waals surface area contributed by atoms with Gasteiger partial charge in [0.2, 0.25) is 5.82 Å². The molecule has 156 valence electrons. The van der Waals surface area contributed by atoms with Crippen molar-refractivity contribution in [1.82, 2.24) is 10.1 Å². The second-order valence-electron chi connectivity index (χ2n) is 6.68. The molecule has 3 aromatic carbocycles. The number of amides is 1. The second-order valence-corrected chi connectivity index (χ2v) is 6.68. The highest BCUT2D eigenvalue weighted by Crippen LogP contribution is 2.29. The first kappa shape index (κ1) is 20.2. The van der Waals surface area contributed by atoms with Crippen molar-refractivity contribution in [3.63, 3.8) is 0 Å². The summed E-state index contributed by atoms with van der Waals surface area (Å²) in [5.74, 6) is -0.296. The first-order valence-corrected chi connectivity index (χ1v) is 9.42. The molecule has 4 aromatic rings. The minimum atomic E-state index is -0.837. The van der Waals surface area contributed by atoms with Gasteiger partial charge in [0.25, 0.3) is 11.8 Å². The Morgan fingerprint density at radius 1 is 0.968 bits per heavy atom. The number of carbonyl (C=O) groups excluding carboxylic acids is 1. The molecule has 0 saturated heterocycles. The summed E-state index contributed by atoms with van der Waals surface area (Å²) in [7, 11) is 0. The Hall–Kier alpha value is -4.07. The minimum Gasteiger partial charge on any atom is -0.481 e. The number of hydrogen-bond donors (Lipinski definition) is 1. The molecule has 4 rings (SSSR count). The molecule has 0 aliphatic rings. The SMILES string of the molecule is C[C@@H](Oc1ccc(F)cc1)C(=O)Nc1ccccc1-c1nc(-c2ccc(F)cc2)no1. The van der Waals surface area contributed by atoms with Gasteiger partial charge in [0.1, 0.15) is 17.4 Å². The van der Waals surface area contributed by atoms with E-state index in [2.05, 4.69) is 15.5 Å². The molecule has 0 radical (unpaired) electrons. The molecule has 31 heavy (non-hydrogen) atoms. The van der Waals surface area contributed by atoms with E-state index in [1.807, 2.05) is 0 Å². The van der Waals surface area contributed by atoms with Crippen LogP contribution in [0.3, 0.4) is 0 Å². The van der Waals surface area contributed by atoms with Gasteiger partial charge in [-0.1, -0.05) is 17.3 Å². The number of halogens is 2. The Labute approximate surface area is 176 Å². The fourth-order valence-electron chi connectivity index (χ4n) is 2.83. The molecule has 0 aliphatic carbocycles. The van der Waals surface area contributed by atoms with Gasteiger partial charge in [0.05, 0.1) is 11.3 Å². The summed E-state index contributed by atoms with van der Waals surface area (Å²) in [5, 5.41) is 6.72. The van der Waals surface area contributed by atoms with Crippen LogP contribution in [-0.4, -0.2) is 22.2 Å². The number of nitrogens with one attached hydrogen (secondary N) is 1. The lowest BCUT2D eigenvalue weighted by Crippen LogP contribution is -2.30. The maximum Gasteiger partial charge on any atom is 0.265 e. The number of aromatic nitrogens is 2. The third-order valence-corrected chi connectivity index (χ3v) is 4.44. The van der Waals surface area contributed by atoms with Gasteiger partial charge >= 0.3 is 0 Å². The van der Waals surface area contributed by atoms with Gasteiger partial charge in [-0.05, 0) is 67.6 Å². The number of nitrogens with zero attached hydrogens (tertiary/aromatic N) is 2. The molecule has 1 aromatic heterocycles. The maximum absolute atomic E-state index is 13.1. The van der Waals surface area contributed by atoms with E-state index in [1.165, 1.54) is 36.4 Å². The van der Waals surface area contributed by atoms with Gasteiger partial charge in [-0.2, -0.15) is 4.98 Å². The zero-order valence-corrected chi connectivity index (χ0v) is 16.4. The third-order valence-electron chi connectivity index (χ3n) is 4.44. The van der Waals surface area contributed by atoms with Crippen molar-refractivity contribution in [1.29, 1.82) is 0 Å². The van der Waals surface area contributed by atoms with Crippen LogP contribution >= 0.6 is 0 Å². The monoisotopic (exact) mass is 421 g/mol. The van der Waals surface area contributed by atoms with E-state index < -0.39 is 17.8 Å². The Morgan fingerprint density at radius 2 is 1.61 bits per heavy atom. The van der Waals surface area contributed by atoms with E-state index in [-0.39, 0.29) is 11.7 Å². The van der Waals surface area contributed by atoms with Crippen molar-refractivity contribution in [2.75, 3.05) is 5.32 Å². The summed E-state index contributed by atoms with van der Waals surface area (Å²) in [6, 6.07) is 18.1. The summed E-state index contributed by atoms with van der Waals surface area (Å²) < 4.78 is 37.1. The van der Waals surface area contributed by atoms with Crippen molar-refractivity contribution in [3.05, 3.63) is 84.4 Å². The zero-order chi connectivity index (χ0) is 21.8. The molecular formula is C23H17F2N3O3. The van der Waals surface area contributed by atoms with E-state index in [1.54, 1.807) is 43.3 Å². The standard InChI is InChI=1S/C23H17F2N3O3/c1-14(30-18-12-10-17(25)11-13-18)22(29)26-20-5-3-2-4-19(20)23-27-21(28-31-23)15-6-8-16(24)9-7-15/h2-14H,1H3,(H,26,29)/t14-/m1/s1. The summed E-state index contributed by atoms with van der Waals surface area (Å²) in [6.45, 7) is 1.58. The van der Waals surface area contributed by atoms with Gasteiger partial charge in [0.15, 0.2) is 6.10 Å². The highest BCUT2D eigenvalue weighted by molar-refractivity contribution is 5.97. The highest BCUT2D eigenvalue weighted by atomic mass is 19.1. The van der Waals surface area contributed by atoms with Crippen LogP contribution in [0, 0.1) is 11.6 Å². The van der Waals surface area contributed by atoms with Crippen molar-refractivity contribution in [2.24, 2.45) is 0 Å². The lowest BCUT2D eigenvalue weighted by atomic mass is 10.1.